The van der Waals surface area contributed by atoms with Gasteiger partial charge in [0.1, 0.15) is 17.6 Å². The number of hydrogen-bond donors (Lipinski definition) is 1. The molecule has 0 atom stereocenters. The number of nitrogens with zero attached hydrogens (tertiary/aromatic N) is 2. The molecule has 0 aliphatic carbocycles. The zero-order valence-electron chi connectivity index (χ0n) is 13.3. The largest absolute Gasteiger partial charge is 0.343 e. The molecule has 24 heavy (non-hydrogen) atoms. The van der Waals surface area contributed by atoms with E-state index >= 15 is 0 Å². The van der Waals surface area contributed by atoms with E-state index in [9.17, 15) is 18.8 Å². The fourth-order valence-electron chi connectivity index (χ4n) is 2.22. The molecule has 122 valence electrons. The smallest absolute Gasteiger partial charge is 0.272 e. The highest BCUT2D eigenvalue weighted by Gasteiger charge is 2.22. The Bertz CT molecular complexity index is 907. The Morgan fingerprint density at radius 1 is 1.25 bits per heavy atom. The number of hydrogen-bond acceptors (Lipinski definition) is 4. The molecule has 1 heterocycles. The molecule has 0 saturated heterocycles. The van der Waals surface area contributed by atoms with Gasteiger partial charge < -0.3 is 9.88 Å². The third kappa shape index (κ3) is 3.08. The van der Waals surface area contributed by atoms with E-state index in [2.05, 4.69) is 5.32 Å². The van der Waals surface area contributed by atoms with Crippen LogP contribution in [0.3, 0.4) is 0 Å². The molecule has 2 aromatic rings. The Hall–Kier alpha value is -3.27. The second-order valence-electron chi connectivity index (χ2n) is 5.23. The molecule has 0 spiro atoms. The predicted molar refractivity (Wildman–Crippen MR) is 84.2 cm³/mol. The van der Waals surface area contributed by atoms with Crippen molar-refractivity contribution in [3.8, 4) is 6.07 Å². The van der Waals surface area contributed by atoms with E-state index in [0.29, 0.717) is 5.69 Å². The molecule has 6 nitrogen and oxygen atoms in total. The molecule has 0 fully saturated rings. The summed E-state index contributed by atoms with van der Waals surface area (Å²) >= 11 is 0. The summed E-state index contributed by atoms with van der Waals surface area (Å²) in [6.07, 6.45) is 0. The third-order valence-corrected chi connectivity index (χ3v) is 3.68. The van der Waals surface area contributed by atoms with E-state index < -0.39 is 23.3 Å². The van der Waals surface area contributed by atoms with Crippen LogP contribution in [0, 0.1) is 24.1 Å². The summed E-state index contributed by atoms with van der Waals surface area (Å²) in [7, 11) is 1.59. The standard InChI is InChI=1S/C17H14FN3O3/c1-9-13(16(23)10(2)22)7-15(21(9)3)17(24)20-12-4-5-14(18)11(6-12)8-19/h4-7H,1-3H3,(H,20,24). The third-order valence-electron chi connectivity index (χ3n) is 3.68. The molecule has 1 N–H and O–H groups in total. The zero-order chi connectivity index (χ0) is 18.0. The summed E-state index contributed by atoms with van der Waals surface area (Å²) in [5, 5.41) is 11.4. The maximum absolute atomic E-state index is 13.3. The van der Waals surface area contributed by atoms with Crippen LogP contribution in [0.25, 0.3) is 0 Å². The van der Waals surface area contributed by atoms with Gasteiger partial charge in [0.25, 0.3) is 5.91 Å². The number of Topliss-reactive ketones (excluding diaryl/α,β-unsaturated/α-hetero) is 2. The van der Waals surface area contributed by atoms with Crippen LogP contribution in [-0.4, -0.2) is 22.0 Å². The predicted octanol–water partition coefficient (Wildman–Crippen LogP) is 2.37. The van der Waals surface area contributed by atoms with Gasteiger partial charge in [-0.3, -0.25) is 14.4 Å². The van der Waals surface area contributed by atoms with Crippen LogP contribution in [0.1, 0.15) is 39.0 Å². The SMILES string of the molecule is CC(=O)C(=O)c1cc(C(=O)Nc2ccc(F)c(C#N)c2)n(C)c1C. The molecule has 0 radical (unpaired) electrons. The molecule has 2 rings (SSSR count). The fraction of sp³-hybridized carbons (Fsp3) is 0.176. The molecule has 1 aromatic heterocycles. The number of nitrogens with one attached hydrogen (secondary N) is 1. The fourth-order valence-corrected chi connectivity index (χ4v) is 2.22. The van der Waals surface area contributed by atoms with Crippen molar-refractivity contribution in [3.63, 3.8) is 0 Å². The van der Waals surface area contributed by atoms with Crippen molar-refractivity contribution >= 4 is 23.2 Å². The molecule has 0 aliphatic rings. The molecule has 0 saturated carbocycles. The van der Waals surface area contributed by atoms with E-state index in [1.807, 2.05) is 0 Å². The van der Waals surface area contributed by atoms with Crippen LogP contribution >= 0.6 is 0 Å². The number of anilines is 1. The number of halogens is 1. The monoisotopic (exact) mass is 327 g/mol. The summed E-state index contributed by atoms with van der Waals surface area (Å²) in [5.41, 5.74) is 0.864. The highest BCUT2D eigenvalue weighted by molar-refractivity contribution is 6.43. The van der Waals surface area contributed by atoms with Gasteiger partial charge in [-0.25, -0.2) is 4.39 Å². The highest BCUT2D eigenvalue weighted by Crippen LogP contribution is 2.18. The number of rotatable bonds is 4. The van der Waals surface area contributed by atoms with Crippen LogP contribution in [0.4, 0.5) is 10.1 Å². The number of amides is 1. The summed E-state index contributed by atoms with van der Waals surface area (Å²) in [6, 6.07) is 6.64. The highest BCUT2D eigenvalue weighted by atomic mass is 19.1. The minimum atomic E-state index is -0.681. The van der Waals surface area contributed by atoms with Crippen molar-refractivity contribution < 1.29 is 18.8 Å². The van der Waals surface area contributed by atoms with E-state index in [-0.39, 0.29) is 22.5 Å². The number of carbonyl (C=O) groups is 3. The summed E-state index contributed by atoms with van der Waals surface area (Å²) in [5.74, 6) is -2.51. The second kappa shape index (κ2) is 6.46. The van der Waals surface area contributed by atoms with E-state index in [0.717, 1.165) is 13.0 Å². The van der Waals surface area contributed by atoms with Crippen molar-refractivity contribution in [3.05, 3.63) is 52.6 Å². The van der Waals surface area contributed by atoms with Crippen LogP contribution < -0.4 is 5.32 Å². The Morgan fingerprint density at radius 2 is 1.92 bits per heavy atom. The van der Waals surface area contributed by atoms with Crippen molar-refractivity contribution in [2.45, 2.75) is 13.8 Å². The topological polar surface area (TPSA) is 92.0 Å². The lowest BCUT2D eigenvalue weighted by Gasteiger charge is -2.07. The maximum atomic E-state index is 13.3. The van der Waals surface area contributed by atoms with Gasteiger partial charge in [0.2, 0.25) is 5.78 Å². The Labute approximate surface area is 137 Å². The number of carbonyl (C=O) groups excluding carboxylic acids is 3. The van der Waals surface area contributed by atoms with Gasteiger partial charge in [0.15, 0.2) is 5.78 Å². The quantitative estimate of drug-likeness (QED) is 0.689. The van der Waals surface area contributed by atoms with Gasteiger partial charge in [-0.05, 0) is 31.2 Å². The van der Waals surface area contributed by atoms with Crippen LogP contribution in [0.15, 0.2) is 24.3 Å². The lowest BCUT2D eigenvalue weighted by atomic mass is 10.1. The van der Waals surface area contributed by atoms with Crippen molar-refractivity contribution in [1.29, 1.82) is 5.26 Å². The second-order valence-corrected chi connectivity index (χ2v) is 5.23. The van der Waals surface area contributed by atoms with E-state index in [1.54, 1.807) is 20.0 Å². The molecule has 1 amide bonds. The van der Waals surface area contributed by atoms with Crippen LogP contribution in [-0.2, 0) is 11.8 Å². The maximum Gasteiger partial charge on any atom is 0.272 e. The first-order valence-electron chi connectivity index (χ1n) is 6.98. The minimum absolute atomic E-state index is 0.159. The van der Waals surface area contributed by atoms with Gasteiger partial charge >= 0.3 is 0 Å². The molecular formula is C17H14FN3O3. The average molecular weight is 327 g/mol. The average Bonchev–Trinajstić information content (AvgIpc) is 2.84. The summed E-state index contributed by atoms with van der Waals surface area (Å²) < 4.78 is 14.8. The van der Waals surface area contributed by atoms with Crippen molar-refractivity contribution in [2.75, 3.05) is 5.32 Å². The summed E-state index contributed by atoms with van der Waals surface area (Å²) in [6.45, 7) is 2.79. The van der Waals surface area contributed by atoms with Crippen molar-refractivity contribution in [1.82, 2.24) is 4.57 Å². The normalized spacial score (nSPS) is 10.1. The van der Waals surface area contributed by atoms with Gasteiger partial charge in [0, 0.05) is 30.9 Å². The van der Waals surface area contributed by atoms with Gasteiger partial charge in [-0.15, -0.1) is 0 Å². The Morgan fingerprint density at radius 3 is 2.50 bits per heavy atom. The molecule has 0 unspecified atom stereocenters. The number of benzene rings is 1. The zero-order valence-corrected chi connectivity index (χ0v) is 13.3. The summed E-state index contributed by atoms with van der Waals surface area (Å²) in [4.78, 5) is 35.5. The number of aromatic nitrogens is 1. The lowest BCUT2D eigenvalue weighted by molar-refractivity contribution is -0.113. The molecule has 0 bridgehead atoms. The first-order valence-corrected chi connectivity index (χ1v) is 6.98. The van der Waals surface area contributed by atoms with Crippen LogP contribution in [0.5, 0.6) is 0 Å². The lowest BCUT2D eigenvalue weighted by Crippen LogP contribution is -2.16. The van der Waals surface area contributed by atoms with Gasteiger partial charge in [-0.1, -0.05) is 0 Å². The first kappa shape index (κ1) is 17.1. The number of nitriles is 1. The molecule has 7 heteroatoms. The van der Waals surface area contributed by atoms with E-state index in [1.165, 1.54) is 22.8 Å². The molecule has 0 aliphatic heterocycles. The Balaban J connectivity index is 2.34. The van der Waals surface area contributed by atoms with Crippen LogP contribution in [0.2, 0.25) is 0 Å². The Kier molecular flexibility index (Phi) is 4.60. The van der Waals surface area contributed by atoms with E-state index in [4.69, 9.17) is 5.26 Å². The van der Waals surface area contributed by atoms with Gasteiger partial charge in [-0.2, -0.15) is 5.26 Å². The van der Waals surface area contributed by atoms with Crippen molar-refractivity contribution in [2.24, 2.45) is 7.05 Å². The molecular weight excluding hydrogens is 313 g/mol. The minimum Gasteiger partial charge on any atom is -0.343 e. The van der Waals surface area contributed by atoms with Gasteiger partial charge in [0.05, 0.1) is 5.56 Å². The molecule has 1 aromatic carbocycles. The number of ketones is 2. The first-order chi connectivity index (χ1) is 11.3.